The van der Waals surface area contributed by atoms with Crippen LogP contribution in [0.15, 0.2) is 18.2 Å². The molecule has 70 valence electrons. The molecule has 0 saturated heterocycles. The molecule has 1 aromatic carbocycles. The first kappa shape index (κ1) is 8.66. The zero-order chi connectivity index (χ0) is 10.1. The summed E-state index contributed by atoms with van der Waals surface area (Å²) >= 11 is 0. The van der Waals surface area contributed by atoms with Crippen molar-refractivity contribution >= 4 is 11.0 Å². The molecule has 0 radical (unpaired) electrons. The third kappa shape index (κ3) is 1.22. The highest BCUT2D eigenvalue weighted by molar-refractivity contribution is 5.76. The molecule has 5 heteroatoms. The van der Waals surface area contributed by atoms with E-state index >= 15 is 0 Å². The van der Waals surface area contributed by atoms with Crippen LogP contribution < -0.4 is 0 Å². The van der Waals surface area contributed by atoms with E-state index in [1.54, 1.807) is 25.1 Å². The number of hydrogen-bond acceptors (Lipinski definition) is 4. The third-order valence-corrected chi connectivity index (χ3v) is 1.95. The van der Waals surface area contributed by atoms with Gasteiger partial charge < -0.3 is 5.11 Å². The number of aliphatic hydroxyl groups is 1. The Labute approximate surface area is 80.2 Å². The van der Waals surface area contributed by atoms with E-state index in [1.807, 2.05) is 6.07 Å². The van der Waals surface area contributed by atoms with Crippen LogP contribution in [-0.4, -0.2) is 20.1 Å². The van der Waals surface area contributed by atoms with Gasteiger partial charge in [-0.25, -0.2) is 4.68 Å². The maximum Gasteiger partial charge on any atom is 0.146 e. The van der Waals surface area contributed by atoms with Crippen molar-refractivity contribution in [3.8, 4) is 6.07 Å². The van der Waals surface area contributed by atoms with E-state index in [2.05, 4.69) is 10.3 Å². The van der Waals surface area contributed by atoms with Gasteiger partial charge in [0.15, 0.2) is 0 Å². The van der Waals surface area contributed by atoms with Crippen molar-refractivity contribution in [2.24, 2.45) is 0 Å². The predicted molar refractivity (Wildman–Crippen MR) is 49.2 cm³/mol. The molecule has 0 bridgehead atoms. The molecule has 1 N–H and O–H groups in total. The Balaban J connectivity index is 2.71. The minimum Gasteiger partial charge on any atom is -0.372 e. The Morgan fingerprint density at radius 1 is 1.57 bits per heavy atom. The van der Waals surface area contributed by atoms with E-state index in [9.17, 15) is 5.11 Å². The van der Waals surface area contributed by atoms with Crippen LogP contribution in [0.5, 0.6) is 0 Å². The van der Waals surface area contributed by atoms with E-state index < -0.39 is 6.23 Å². The van der Waals surface area contributed by atoms with E-state index in [1.165, 1.54) is 4.68 Å². The molecule has 0 spiro atoms. The molecule has 5 nitrogen and oxygen atoms in total. The summed E-state index contributed by atoms with van der Waals surface area (Å²) in [6, 6.07) is 7.06. The molecule has 0 fully saturated rings. The number of aromatic nitrogens is 3. The topological polar surface area (TPSA) is 74.7 Å². The van der Waals surface area contributed by atoms with Crippen LogP contribution in [0.3, 0.4) is 0 Å². The Bertz CT molecular complexity index is 509. The van der Waals surface area contributed by atoms with Crippen molar-refractivity contribution in [1.29, 1.82) is 5.26 Å². The zero-order valence-corrected chi connectivity index (χ0v) is 7.55. The lowest BCUT2D eigenvalue weighted by atomic mass is 10.2. The molecule has 0 saturated carbocycles. The van der Waals surface area contributed by atoms with Gasteiger partial charge in [-0.05, 0) is 25.1 Å². The fraction of sp³-hybridized carbons (Fsp3) is 0.222. The third-order valence-electron chi connectivity index (χ3n) is 1.95. The van der Waals surface area contributed by atoms with E-state index in [0.29, 0.717) is 16.6 Å². The fourth-order valence-electron chi connectivity index (χ4n) is 1.28. The number of rotatable bonds is 1. The number of hydrogen-bond donors (Lipinski definition) is 1. The first-order valence-corrected chi connectivity index (χ1v) is 4.15. The lowest BCUT2D eigenvalue weighted by Gasteiger charge is -2.03. The summed E-state index contributed by atoms with van der Waals surface area (Å²) in [5, 5.41) is 25.7. The molecule has 0 aliphatic carbocycles. The molecule has 2 rings (SSSR count). The fourth-order valence-corrected chi connectivity index (χ4v) is 1.28. The van der Waals surface area contributed by atoms with Crippen LogP contribution in [0.25, 0.3) is 11.0 Å². The van der Waals surface area contributed by atoms with Crippen LogP contribution in [0.4, 0.5) is 0 Å². The van der Waals surface area contributed by atoms with Crippen LogP contribution in [0.2, 0.25) is 0 Å². The molecule has 1 atom stereocenters. The average Bonchev–Trinajstić information content (AvgIpc) is 2.59. The van der Waals surface area contributed by atoms with Gasteiger partial charge in [-0.1, -0.05) is 5.21 Å². The summed E-state index contributed by atoms with van der Waals surface area (Å²) in [7, 11) is 0. The molecule has 1 aromatic heterocycles. The molecule has 0 aliphatic heterocycles. The number of nitriles is 1. The number of aliphatic hydroxyl groups excluding tert-OH is 1. The normalized spacial score (nSPS) is 12.6. The van der Waals surface area contributed by atoms with Gasteiger partial charge in [0.25, 0.3) is 0 Å². The summed E-state index contributed by atoms with van der Waals surface area (Å²) in [6.07, 6.45) is -0.742. The van der Waals surface area contributed by atoms with Gasteiger partial charge in [-0.15, -0.1) is 5.10 Å². The Hall–Kier alpha value is -1.93. The van der Waals surface area contributed by atoms with Gasteiger partial charge in [0, 0.05) is 0 Å². The highest BCUT2D eigenvalue weighted by Crippen LogP contribution is 2.15. The summed E-state index contributed by atoms with van der Waals surface area (Å²) in [5.41, 5.74) is 1.87. The van der Waals surface area contributed by atoms with Crippen molar-refractivity contribution < 1.29 is 5.11 Å². The second-order valence-electron chi connectivity index (χ2n) is 2.98. The van der Waals surface area contributed by atoms with Crippen molar-refractivity contribution in [2.75, 3.05) is 0 Å². The zero-order valence-electron chi connectivity index (χ0n) is 7.55. The minimum atomic E-state index is -0.742. The lowest BCUT2D eigenvalue weighted by Crippen LogP contribution is -2.05. The maximum atomic E-state index is 9.35. The molecule has 1 unspecified atom stereocenters. The SMILES string of the molecule is CC(O)n1nnc2ccc(C#N)cc21. The molecule has 2 aromatic rings. The lowest BCUT2D eigenvalue weighted by molar-refractivity contribution is 0.113. The Morgan fingerprint density at radius 2 is 2.36 bits per heavy atom. The average molecular weight is 188 g/mol. The molecule has 0 aliphatic rings. The maximum absolute atomic E-state index is 9.35. The van der Waals surface area contributed by atoms with Crippen molar-refractivity contribution in [2.45, 2.75) is 13.2 Å². The standard InChI is InChI=1S/C9H8N4O/c1-6(14)13-9-4-7(5-10)2-3-8(9)11-12-13/h2-4,6,14H,1H3. The van der Waals surface area contributed by atoms with Crippen LogP contribution in [0, 0.1) is 11.3 Å². The van der Waals surface area contributed by atoms with Gasteiger partial charge >= 0.3 is 0 Å². The monoisotopic (exact) mass is 188 g/mol. The molecule has 0 amide bonds. The van der Waals surface area contributed by atoms with Gasteiger partial charge in [-0.3, -0.25) is 0 Å². The van der Waals surface area contributed by atoms with Crippen LogP contribution in [-0.2, 0) is 0 Å². The molecular weight excluding hydrogens is 180 g/mol. The molecular formula is C9H8N4O. The van der Waals surface area contributed by atoms with Crippen LogP contribution >= 0.6 is 0 Å². The van der Waals surface area contributed by atoms with Crippen LogP contribution in [0.1, 0.15) is 18.7 Å². The highest BCUT2D eigenvalue weighted by Gasteiger charge is 2.08. The summed E-state index contributed by atoms with van der Waals surface area (Å²) < 4.78 is 1.37. The van der Waals surface area contributed by atoms with E-state index in [0.717, 1.165) is 0 Å². The quantitative estimate of drug-likeness (QED) is 0.718. The number of benzene rings is 1. The second-order valence-corrected chi connectivity index (χ2v) is 2.98. The molecule has 1 heterocycles. The smallest absolute Gasteiger partial charge is 0.146 e. The van der Waals surface area contributed by atoms with Crippen molar-refractivity contribution in [1.82, 2.24) is 15.0 Å². The summed E-state index contributed by atoms with van der Waals surface area (Å²) in [4.78, 5) is 0. The van der Waals surface area contributed by atoms with Gasteiger partial charge in [0.1, 0.15) is 11.7 Å². The molecule has 14 heavy (non-hydrogen) atoms. The van der Waals surface area contributed by atoms with Gasteiger partial charge in [-0.2, -0.15) is 5.26 Å². The Kier molecular flexibility index (Phi) is 1.91. The van der Waals surface area contributed by atoms with E-state index in [-0.39, 0.29) is 0 Å². The minimum absolute atomic E-state index is 0.529. The second kappa shape index (κ2) is 3.09. The number of nitrogens with zero attached hydrogens (tertiary/aromatic N) is 4. The predicted octanol–water partition coefficient (Wildman–Crippen LogP) is 0.814. The largest absolute Gasteiger partial charge is 0.372 e. The van der Waals surface area contributed by atoms with Crippen molar-refractivity contribution in [3.05, 3.63) is 23.8 Å². The van der Waals surface area contributed by atoms with Crippen molar-refractivity contribution in [3.63, 3.8) is 0 Å². The Morgan fingerprint density at radius 3 is 3.00 bits per heavy atom. The number of fused-ring (bicyclic) bond motifs is 1. The first-order valence-electron chi connectivity index (χ1n) is 4.15. The summed E-state index contributed by atoms with van der Waals surface area (Å²) in [5.74, 6) is 0. The highest BCUT2D eigenvalue weighted by atomic mass is 16.3. The first-order chi connectivity index (χ1) is 6.72. The van der Waals surface area contributed by atoms with Gasteiger partial charge in [0.05, 0.1) is 17.1 Å². The van der Waals surface area contributed by atoms with Gasteiger partial charge in [0.2, 0.25) is 0 Å². The summed E-state index contributed by atoms with van der Waals surface area (Å²) in [6.45, 7) is 1.59. The van der Waals surface area contributed by atoms with E-state index in [4.69, 9.17) is 5.26 Å².